The summed E-state index contributed by atoms with van der Waals surface area (Å²) in [6.07, 6.45) is 4.32. The Morgan fingerprint density at radius 2 is 2.48 bits per heavy atom. The number of carbonyl (C=O) groups excluding carboxylic acids is 1. The SMILES string of the molecule is O=C(CC1CSCCN1)N1CCOC(Cn2cccn2)C1. The van der Waals surface area contributed by atoms with Crippen LogP contribution in [0.5, 0.6) is 0 Å². The van der Waals surface area contributed by atoms with Gasteiger partial charge in [-0.3, -0.25) is 9.48 Å². The number of rotatable bonds is 4. The summed E-state index contributed by atoms with van der Waals surface area (Å²) >= 11 is 1.93. The van der Waals surface area contributed by atoms with Crippen molar-refractivity contribution in [2.45, 2.75) is 25.1 Å². The molecule has 3 rings (SSSR count). The van der Waals surface area contributed by atoms with Crippen LogP contribution in [0, 0.1) is 0 Å². The Labute approximate surface area is 129 Å². The van der Waals surface area contributed by atoms with E-state index in [1.54, 1.807) is 6.20 Å². The second-order valence-electron chi connectivity index (χ2n) is 5.49. The third-order valence-corrected chi connectivity index (χ3v) is 4.99. The molecular formula is C14H22N4O2S. The van der Waals surface area contributed by atoms with E-state index < -0.39 is 0 Å². The summed E-state index contributed by atoms with van der Waals surface area (Å²) in [6.45, 7) is 3.69. The number of thioether (sulfide) groups is 1. The van der Waals surface area contributed by atoms with Crippen molar-refractivity contribution >= 4 is 17.7 Å². The maximum Gasteiger partial charge on any atom is 0.224 e. The zero-order chi connectivity index (χ0) is 14.5. The molecule has 21 heavy (non-hydrogen) atoms. The highest BCUT2D eigenvalue weighted by atomic mass is 32.2. The first-order valence-electron chi connectivity index (χ1n) is 7.49. The predicted octanol–water partition coefficient (Wildman–Crippen LogP) is 0.206. The molecule has 1 aromatic rings. The summed E-state index contributed by atoms with van der Waals surface area (Å²) < 4.78 is 7.61. The van der Waals surface area contributed by atoms with E-state index in [-0.39, 0.29) is 12.0 Å². The first-order chi connectivity index (χ1) is 10.3. The minimum atomic E-state index is 0.0382. The minimum Gasteiger partial charge on any atom is -0.373 e. The fourth-order valence-corrected chi connectivity index (χ4v) is 3.71. The monoisotopic (exact) mass is 310 g/mol. The number of amides is 1. The largest absolute Gasteiger partial charge is 0.373 e. The number of nitrogens with one attached hydrogen (secondary N) is 1. The summed E-state index contributed by atoms with van der Waals surface area (Å²) in [7, 11) is 0. The number of aromatic nitrogens is 2. The number of nitrogens with zero attached hydrogens (tertiary/aromatic N) is 3. The molecule has 0 aliphatic carbocycles. The van der Waals surface area contributed by atoms with E-state index in [0.717, 1.165) is 18.1 Å². The summed E-state index contributed by atoms with van der Waals surface area (Å²) in [5, 5.41) is 7.62. The molecule has 0 spiro atoms. The van der Waals surface area contributed by atoms with Crippen molar-refractivity contribution in [2.24, 2.45) is 0 Å². The van der Waals surface area contributed by atoms with Gasteiger partial charge in [0.05, 0.1) is 19.3 Å². The van der Waals surface area contributed by atoms with E-state index >= 15 is 0 Å². The van der Waals surface area contributed by atoms with Gasteiger partial charge in [0.1, 0.15) is 0 Å². The Morgan fingerprint density at radius 1 is 1.52 bits per heavy atom. The van der Waals surface area contributed by atoms with Crippen molar-refractivity contribution in [1.29, 1.82) is 0 Å². The van der Waals surface area contributed by atoms with Crippen LogP contribution in [0.3, 0.4) is 0 Å². The number of hydrogen-bond donors (Lipinski definition) is 1. The van der Waals surface area contributed by atoms with Gasteiger partial charge in [-0.1, -0.05) is 0 Å². The molecule has 2 fully saturated rings. The summed E-state index contributed by atoms with van der Waals surface area (Å²) in [5.74, 6) is 2.42. The summed E-state index contributed by atoms with van der Waals surface area (Å²) in [4.78, 5) is 14.4. The molecule has 6 nitrogen and oxygen atoms in total. The molecule has 1 N–H and O–H groups in total. The molecule has 3 heterocycles. The van der Waals surface area contributed by atoms with Crippen molar-refractivity contribution in [3.63, 3.8) is 0 Å². The normalized spacial score (nSPS) is 26.8. The standard InChI is InChI=1S/C14H22N4O2S/c19-14(8-12-11-21-7-3-15-12)17-5-6-20-13(9-17)10-18-4-1-2-16-18/h1-2,4,12-13,15H,3,5-11H2. The van der Waals surface area contributed by atoms with Crippen LogP contribution in [-0.4, -0.2) is 70.5 Å². The average molecular weight is 310 g/mol. The van der Waals surface area contributed by atoms with Gasteiger partial charge in [-0.25, -0.2) is 0 Å². The van der Waals surface area contributed by atoms with Crippen LogP contribution >= 0.6 is 11.8 Å². The van der Waals surface area contributed by atoms with Crippen molar-refractivity contribution < 1.29 is 9.53 Å². The van der Waals surface area contributed by atoms with E-state index in [4.69, 9.17) is 4.74 Å². The fraction of sp³-hybridized carbons (Fsp3) is 0.714. The highest BCUT2D eigenvalue weighted by molar-refractivity contribution is 7.99. The lowest BCUT2D eigenvalue weighted by atomic mass is 10.2. The molecule has 1 aromatic heterocycles. The van der Waals surface area contributed by atoms with Crippen LogP contribution in [0.4, 0.5) is 0 Å². The smallest absolute Gasteiger partial charge is 0.224 e. The Kier molecular flexibility index (Phi) is 5.16. The second-order valence-corrected chi connectivity index (χ2v) is 6.64. The van der Waals surface area contributed by atoms with Gasteiger partial charge in [-0.15, -0.1) is 0 Å². The van der Waals surface area contributed by atoms with Gasteiger partial charge < -0.3 is 15.0 Å². The van der Waals surface area contributed by atoms with E-state index in [2.05, 4.69) is 10.4 Å². The third kappa shape index (κ3) is 4.21. The van der Waals surface area contributed by atoms with Gasteiger partial charge >= 0.3 is 0 Å². The van der Waals surface area contributed by atoms with Gasteiger partial charge in [-0.05, 0) is 6.07 Å². The number of morpholine rings is 1. The van der Waals surface area contributed by atoms with Crippen LogP contribution < -0.4 is 5.32 Å². The molecule has 0 bridgehead atoms. The highest BCUT2D eigenvalue weighted by Crippen LogP contribution is 2.14. The Hall–Kier alpha value is -1.05. The molecular weight excluding hydrogens is 288 g/mol. The molecule has 2 aliphatic rings. The van der Waals surface area contributed by atoms with Crippen LogP contribution in [0.1, 0.15) is 6.42 Å². The molecule has 2 aliphatic heterocycles. The van der Waals surface area contributed by atoms with Gasteiger partial charge in [0.25, 0.3) is 0 Å². The molecule has 0 radical (unpaired) electrons. The van der Waals surface area contributed by atoms with E-state index in [1.165, 1.54) is 0 Å². The highest BCUT2D eigenvalue weighted by Gasteiger charge is 2.26. The Morgan fingerprint density at radius 3 is 3.24 bits per heavy atom. The quantitative estimate of drug-likeness (QED) is 0.861. The predicted molar refractivity (Wildman–Crippen MR) is 82.3 cm³/mol. The number of carbonyl (C=O) groups is 1. The zero-order valence-corrected chi connectivity index (χ0v) is 12.9. The molecule has 0 aromatic carbocycles. The van der Waals surface area contributed by atoms with Gasteiger partial charge in [-0.2, -0.15) is 16.9 Å². The summed E-state index contributed by atoms with van der Waals surface area (Å²) in [6, 6.07) is 2.22. The molecule has 116 valence electrons. The molecule has 1 amide bonds. The van der Waals surface area contributed by atoms with Crippen molar-refractivity contribution in [1.82, 2.24) is 20.0 Å². The van der Waals surface area contributed by atoms with E-state index in [0.29, 0.717) is 38.7 Å². The van der Waals surface area contributed by atoms with E-state index in [9.17, 15) is 4.79 Å². The Balaban J connectivity index is 1.49. The zero-order valence-electron chi connectivity index (χ0n) is 12.1. The lowest BCUT2D eigenvalue weighted by molar-refractivity contribution is -0.139. The maximum atomic E-state index is 12.4. The Bertz CT molecular complexity index is 448. The first kappa shape index (κ1) is 14.9. The van der Waals surface area contributed by atoms with Crippen LogP contribution in [-0.2, 0) is 16.1 Å². The maximum absolute atomic E-state index is 12.4. The molecule has 7 heteroatoms. The lowest BCUT2D eigenvalue weighted by Crippen LogP contribution is -2.49. The van der Waals surface area contributed by atoms with Gasteiger partial charge in [0.15, 0.2) is 0 Å². The minimum absolute atomic E-state index is 0.0382. The number of hydrogen-bond acceptors (Lipinski definition) is 5. The van der Waals surface area contributed by atoms with Crippen molar-refractivity contribution in [2.75, 3.05) is 37.7 Å². The van der Waals surface area contributed by atoms with Crippen LogP contribution in [0.15, 0.2) is 18.5 Å². The summed E-state index contributed by atoms with van der Waals surface area (Å²) in [5.41, 5.74) is 0. The van der Waals surface area contributed by atoms with Crippen LogP contribution in [0.2, 0.25) is 0 Å². The molecule has 2 unspecified atom stereocenters. The lowest BCUT2D eigenvalue weighted by Gasteiger charge is -2.34. The van der Waals surface area contributed by atoms with Crippen molar-refractivity contribution in [3.05, 3.63) is 18.5 Å². The number of ether oxygens (including phenoxy) is 1. The second kappa shape index (κ2) is 7.29. The topological polar surface area (TPSA) is 59.4 Å². The average Bonchev–Trinajstić information content (AvgIpc) is 3.01. The van der Waals surface area contributed by atoms with Crippen LogP contribution in [0.25, 0.3) is 0 Å². The third-order valence-electron chi connectivity index (χ3n) is 3.86. The van der Waals surface area contributed by atoms with Gasteiger partial charge in [0.2, 0.25) is 5.91 Å². The van der Waals surface area contributed by atoms with Gasteiger partial charge in [0, 0.05) is 56.0 Å². The molecule has 0 saturated carbocycles. The molecule has 2 atom stereocenters. The van der Waals surface area contributed by atoms with Crippen molar-refractivity contribution in [3.8, 4) is 0 Å². The first-order valence-corrected chi connectivity index (χ1v) is 8.64. The molecule has 2 saturated heterocycles. The fourth-order valence-electron chi connectivity index (χ4n) is 2.76. The van der Waals surface area contributed by atoms with E-state index in [1.807, 2.05) is 33.6 Å².